The zero-order valence-electron chi connectivity index (χ0n) is 19.2. The molecule has 0 radical (unpaired) electrons. The Hall–Kier alpha value is -3.55. The number of benzene rings is 1. The Morgan fingerprint density at radius 3 is 2.38 bits per heavy atom. The second kappa shape index (κ2) is 10.7. The van der Waals surface area contributed by atoms with Gasteiger partial charge in [0.15, 0.2) is 17.1 Å². The van der Waals surface area contributed by atoms with E-state index in [1.54, 1.807) is 57.2 Å². The maximum atomic E-state index is 13.0. The third-order valence-corrected chi connectivity index (χ3v) is 4.97. The number of hydrogen-bond acceptors (Lipinski definition) is 7. The normalized spacial score (nSPS) is 11.5. The van der Waals surface area contributed by atoms with Crippen molar-refractivity contribution in [2.24, 2.45) is 0 Å². The SMILES string of the molecule is CCCCc1cc(/C(=C\c2cc(OC)c(OC)c(OC)c2)C(=O)OCC)n2nccc2n1. The van der Waals surface area contributed by atoms with Crippen LogP contribution in [-0.2, 0) is 16.0 Å². The van der Waals surface area contributed by atoms with Gasteiger partial charge in [0.05, 0.1) is 45.4 Å². The second-order valence-electron chi connectivity index (χ2n) is 7.07. The van der Waals surface area contributed by atoms with E-state index in [2.05, 4.69) is 17.0 Å². The summed E-state index contributed by atoms with van der Waals surface area (Å²) in [6.07, 6.45) is 6.27. The molecule has 3 rings (SSSR count). The van der Waals surface area contributed by atoms with Crippen molar-refractivity contribution in [3.8, 4) is 17.2 Å². The summed E-state index contributed by atoms with van der Waals surface area (Å²) < 4.78 is 23.3. The molecule has 3 aromatic rings. The van der Waals surface area contributed by atoms with Gasteiger partial charge in [-0.05, 0) is 49.6 Å². The van der Waals surface area contributed by atoms with E-state index in [0.29, 0.717) is 39.7 Å². The molecule has 1 aromatic carbocycles. The molecule has 32 heavy (non-hydrogen) atoms. The number of fused-ring (bicyclic) bond motifs is 1. The van der Waals surface area contributed by atoms with Crippen LogP contribution in [0.5, 0.6) is 17.2 Å². The number of carbonyl (C=O) groups is 1. The van der Waals surface area contributed by atoms with Gasteiger partial charge in [-0.1, -0.05) is 13.3 Å². The van der Waals surface area contributed by atoms with Crippen LogP contribution in [0.1, 0.15) is 43.6 Å². The van der Waals surface area contributed by atoms with Gasteiger partial charge in [0.2, 0.25) is 5.75 Å². The Kier molecular flexibility index (Phi) is 7.70. The number of nitrogens with zero attached hydrogens (tertiary/aromatic N) is 3. The van der Waals surface area contributed by atoms with Gasteiger partial charge in [0.1, 0.15) is 0 Å². The highest BCUT2D eigenvalue weighted by Gasteiger charge is 2.20. The predicted molar refractivity (Wildman–Crippen MR) is 122 cm³/mol. The van der Waals surface area contributed by atoms with Crippen LogP contribution in [0.4, 0.5) is 0 Å². The fourth-order valence-electron chi connectivity index (χ4n) is 3.44. The first-order valence-electron chi connectivity index (χ1n) is 10.6. The molecule has 0 bridgehead atoms. The first-order valence-corrected chi connectivity index (χ1v) is 10.6. The predicted octanol–water partition coefficient (Wildman–Crippen LogP) is 4.20. The van der Waals surface area contributed by atoms with Crippen LogP contribution in [-0.4, -0.2) is 48.5 Å². The zero-order chi connectivity index (χ0) is 23.1. The Bertz CT molecular complexity index is 1100. The van der Waals surface area contributed by atoms with E-state index in [9.17, 15) is 4.79 Å². The molecule has 0 saturated heterocycles. The molecule has 0 unspecified atom stereocenters. The summed E-state index contributed by atoms with van der Waals surface area (Å²) in [4.78, 5) is 17.7. The number of aromatic nitrogens is 3. The summed E-state index contributed by atoms with van der Waals surface area (Å²) in [5.41, 5.74) is 3.23. The Morgan fingerprint density at radius 1 is 1.06 bits per heavy atom. The molecule has 0 amide bonds. The molecule has 0 aliphatic carbocycles. The lowest BCUT2D eigenvalue weighted by atomic mass is 10.0. The molecule has 0 aliphatic heterocycles. The summed E-state index contributed by atoms with van der Waals surface area (Å²) >= 11 is 0. The van der Waals surface area contributed by atoms with Crippen molar-refractivity contribution < 1.29 is 23.7 Å². The maximum Gasteiger partial charge on any atom is 0.340 e. The van der Waals surface area contributed by atoms with Crippen LogP contribution in [0.25, 0.3) is 17.3 Å². The molecule has 8 nitrogen and oxygen atoms in total. The first kappa shape index (κ1) is 23.1. The standard InChI is InChI=1S/C24H29N3O5/c1-6-8-9-17-15-19(27-22(26-17)10-11-25-27)18(24(28)32-7-2)12-16-13-20(29-3)23(31-5)21(14-16)30-4/h10-15H,6-9H2,1-5H3/b18-12+. The molecule has 0 saturated carbocycles. The van der Waals surface area contributed by atoms with E-state index in [1.807, 2.05) is 12.1 Å². The number of methoxy groups -OCH3 is 3. The fraction of sp³-hybridized carbons (Fsp3) is 0.375. The second-order valence-corrected chi connectivity index (χ2v) is 7.07. The third kappa shape index (κ3) is 4.85. The Balaban J connectivity index is 2.22. The Morgan fingerprint density at radius 2 is 1.78 bits per heavy atom. The van der Waals surface area contributed by atoms with Gasteiger partial charge in [0.25, 0.3) is 0 Å². The number of aryl methyl sites for hydroxylation is 1. The number of esters is 1. The summed E-state index contributed by atoms with van der Waals surface area (Å²) in [6, 6.07) is 7.28. The Labute approximate surface area is 187 Å². The molecule has 0 atom stereocenters. The van der Waals surface area contributed by atoms with Gasteiger partial charge in [-0.15, -0.1) is 0 Å². The van der Waals surface area contributed by atoms with E-state index in [0.717, 1.165) is 25.0 Å². The van der Waals surface area contributed by atoms with E-state index in [1.165, 1.54) is 0 Å². The van der Waals surface area contributed by atoms with E-state index >= 15 is 0 Å². The molecule has 0 fully saturated rings. The topological polar surface area (TPSA) is 84.2 Å². The zero-order valence-corrected chi connectivity index (χ0v) is 19.2. The highest BCUT2D eigenvalue weighted by molar-refractivity contribution is 6.21. The van der Waals surface area contributed by atoms with Crippen molar-refractivity contribution in [1.29, 1.82) is 0 Å². The smallest absolute Gasteiger partial charge is 0.340 e. The van der Waals surface area contributed by atoms with Crippen LogP contribution in [0.2, 0.25) is 0 Å². The molecule has 0 N–H and O–H groups in total. The minimum Gasteiger partial charge on any atom is -0.493 e. The molecular weight excluding hydrogens is 410 g/mol. The molecule has 2 heterocycles. The van der Waals surface area contributed by atoms with Crippen LogP contribution >= 0.6 is 0 Å². The molecular formula is C24H29N3O5. The van der Waals surface area contributed by atoms with E-state index in [-0.39, 0.29) is 6.61 Å². The first-order chi connectivity index (χ1) is 15.6. The lowest BCUT2D eigenvalue weighted by molar-refractivity contribution is -0.136. The van der Waals surface area contributed by atoms with Gasteiger partial charge in [-0.3, -0.25) is 0 Å². The van der Waals surface area contributed by atoms with Gasteiger partial charge < -0.3 is 18.9 Å². The molecule has 0 aliphatic rings. The van der Waals surface area contributed by atoms with Crippen LogP contribution < -0.4 is 14.2 Å². The third-order valence-electron chi connectivity index (χ3n) is 4.97. The average Bonchev–Trinajstić information content (AvgIpc) is 3.28. The minimum absolute atomic E-state index is 0.251. The van der Waals surface area contributed by atoms with Gasteiger partial charge >= 0.3 is 5.97 Å². The lowest BCUT2D eigenvalue weighted by Gasteiger charge is -2.14. The summed E-state index contributed by atoms with van der Waals surface area (Å²) in [5, 5.41) is 4.38. The number of hydrogen-bond donors (Lipinski definition) is 0. The van der Waals surface area contributed by atoms with Crippen LogP contribution in [0.15, 0.2) is 30.5 Å². The highest BCUT2D eigenvalue weighted by Crippen LogP contribution is 2.39. The number of carbonyl (C=O) groups excluding carboxylic acids is 1. The minimum atomic E-state index is -0.453. The monoisotopic (exact) mass is 439 g/mol. The van der Waals surface area contributed by atoms with Crippen molar-refractivity contribution in [3.05, 3.63) is 47.4 Å². The van der Waals surface area contributed by atoms with E-state index in [4.69, 9.17) is 18.9 Å². The number of rotatable bonds is 10. The van der Waals surface area contributed by atoms with Crippen molar-refractivity contribution in [1.82, 2.24) is 14.6 Å². The summed E-state index contributed by atoms with van der Waals surface area (Å²) in [7, 11) is 4.64. The number of ether oxygens (including phenoxy) is 4. The largest absolute Gasteiger partial charge is 0.493 e. The van der Waals surface area contributed by atoms with E-state index < -0.39 is 5.97 Å². The van der Waals surface area contributed by atoms with Gasteiger partial charge in [-0.2, -0.15) is 5.10 Å². The highest BCUT2D eigenvalue weighted by atomic mass is 16.5. The summed E-state index contributed by atoms with van der Waals surface area (Å²) in [6.45, 7) is 4.16. The van der Waals surface area contributed by atoms with Gasteiger partial charge in [-0.25, -0.2) is 14.3 Å². The maximum absolute atomic E-state index is 13.0. The van der Waals surface area contributed by atoms with Crippen LogP contribution in [0, 0.1) is 0 Å². The van der Waals surface area contributed by atoms with Crippen molar-refractivity contribution in [2.75, 3.05) is 27.9 Å². The molecule has 8 heteroatoms. The average molecular weight is 440 g/mol. The number of unbranched alkanes of at least 4 members (excludes halogenated alkanes) is 1. The molecule has 0 spiro atoms. The molecule has 2 aromatic heterocycles. The van der Waals surface area contributed by atoms with Crippen LogP contribution in [0.3, 0.4) is 0 Å². The van der Waals surface area contributed by atoms with Gasteiger partial charge in [0, 0.05) is 11.8 Å². The molecule has 170 valence electrons. The van der Waals surface area contributed by atoms with Crippen molar-refractivity contribution >= 4 is 23.3 Å². The quantitative estimate of drug-likeness (QED) is 0.346. The summed E-state index contributed by atoms with van der Waals surface area (Å²) in [5.74, 6) is 1.00. The fourth-order valence-corrected chi connectivity index (χ4v) is 3.44. The van der Waals surface area contributed by atoms with Crippen molar-refractivity contribution in [3.63, 3.8) is 0 Å². The lowest BCUT2D eigenvalue weighted by Crippen LogP contribution is -2.12. The van der Waals surface area contributed by atoms with Crippen molar-refractivity contribution in [2.45, 2.75) is 33.1 Å².